The van der Waals surface area contributed by atoms with Crippen LogP contribution >= 0.6 is 0 Å². The van der Waals surface area contributed by atoms with Gasteiger partial charge in [0.15, 0.2) is 5.58 Å². The third kappa shape index (κ3) is 3.32. The average molecular weight is 408 g/mol. The van der Waals surface area contributed by atoms with Gasteiger partial charge in [0.05, 0.1) is 32.5 Å². The Balaban J connectivity index is 1.72. The second-order valence-electron chi connectivity index (χ2n) is 6.53. The molecule has 0 fully saturated rings. The molecule has 4 aromatic rings. The first-order valence-electron chi connectivity index (χ1n) is 9.16. The number of hydrogen-bond acceptors (Lipinski definition) is 6. The molecule has 8 heteroatoms. The van der Waals surface area contributed by atoms with Crippen LogP contribution in [0.25, 0.3) is 22.1 Å². The molecule has 0 atom stereocenters. The van der Waals surface area contributed by atoms with Gasteiger partial charge in [-0.3, -0.25) is 4.79 Å². The predicted octanol–water partition coefficient (Wildman–Crippen LogP) is 3.83. The van der Waals surface area contributed by atoms with Crippen LogP contribution in [0.5, 0.6) is 11.5 Å². The van der Waals surface area contributed by atoms with E-state index in [0.29, 0.717) is 33.9 Å². The Bertz CT molecular complexity index is 1250. The van der Waals surface area contributed by atoms with Gasteiger partial charge in [-0.1, -0.05) is 12.1 Å². The number of nitrogens with one attached hydrogen (secondary N) is 1. The number of carbonyl (C=O) groups excluding carboxylic acids is 2. The first-order chi connectivity index (χ1) is 14.5. The van der Waals surface area contributed by atoms with E-state index in [1.165, 1.54) is 14.2 Å². The van der Waals surface area contributed by atoms with E-state index in [2.05, 4.69) is 5.32 Å². The van der Waals surface area contributed by atoms with Crippen molar-refractivity contribution in [2.75, 3.05) is 26.6 Å². The number of anilines is 1. The number of benzene rings is 2. The van der Waals surface area contributed by atoms with E-state index in [-0.39, 0.29) is 18.1 Å². The van der Waals surface area contributed by atoms with Crippen LogP contribution in [0, 0.1) is 0 Å². The number of ether oxygens (including phenoxy) is 3. The molecule has 0 saturated heterocycles. The average Bonchev–Trinajstić information content (AvgIpc) is 3.30. The summed E-state index contributed by atoms with van der Waals surface area (Å²) in [6.45, 7) is -0.118. The van der Waals surface area contributed by atoms with Crippen molar-refractivity contribution in [2.45, 2.75) is 6.54 Å². The third-order valence-corrected chi connectivity index (χ3v) is 4.80. The van der Waals surface area contributed by atoms with Crippen molar-refractivity contribution in [3.05, 3.63) is 54.2 Å². The number of nitrogens with zero attached hydrogens (tertiary/aromatic N) is 1. The first-order valence-corrected chi connectivity index (χ1v) is 9.16. The molecule has 0 aliphatic carbocycles. The van der Waals surface area contributed by atoms with Crippen molar-refractivity contribution in [1.29, 1.82) is 0 Å². The van der Waals surface area contributed by atoms with Crippen LogP contribution in [0.1, 0.15) is 10.5 Å². The number of amides is 1. The molecule has 2 heterocycles. The van der Waals surface area contributed by atoms with E-state index in [1.54, 1.807) is 35.9 Å². The maximum atomic E-state index is 12.9. The van der Waals surface area contributed by atoms with Gasteiger partial charge >= 0.3 is 5.97 Å². The fraction of sp³-hybridized carbons (Fsp3) is 0.182. The second kappa shape index (κ2) is 7.82. The number of hydrogen-bond donors (Lipinski definition) is 1. The van der Waals surface area contributed by atoms with Crippen LogP contribution in [0.3, 0.4) is 0 Å². The Morgan fingerprint density at radius 1 is 1.00 bits per heavy atom. The molecule has 30 heavy (non-hydrogen) atoms. The van der Waals surface area contributed by atoms with Gasteiger partial charge < -0.3 is 28.5 Å². The van der Waals surface area contributed by atoms with Crippen LogP contribution in [0.15, 0.2) is 52.9 Å². The summed E-state index contributed by atoms with van der Waals surface area (Å²) < 4.78 is 22.8. The molecule has 0 aliphatic heterocycles. The molecule has 1 N–H and O–H groups in total. The lowest BCUT2D eigenvalue weighted by atomic mass is 10.2. The van der Waals surface area contributed by atoms with E-state index in [1.807, 2.05) is 24.3 Å². The molecule has 154 valence electrons. The first kappa shape index (κ1) is 19.4. The van der Waals surface area contributed by atoms with Crippen molar-refractivity contribution >= 4 is 39.6 Å². The van der Waals surface area contributed by atoms with Gasteiger partial charge in [0.25, 0.3) is 0 Å². The van der Waals surface area contributed by atoms with Gasteiger partial charge in [-0.05, 0) is 24.3 Å². The molecule has 0 aliphatic rings. The fourth-order valence-electron chi connectivity index (χ4n) is 3.42. The molecule has 0 unspecified atom stereocenters. The number of esters is 1. The van der Waals surface area contributed by atoms with Crippen LogP contribution in [-0.2, 0) is 16.1 Å². The minimum absolute atomic E-state index is 0.118. The summed E-state index contributed by atoms with van der Waals surface area (Å²) in [7, 11) is 4.35. The summed E-state index contributed by atoms with van der Waals surface area (Å²) in [4.78, 5) is 25.2. The lowest BCUT2D eigenvalue weighted by Gasteiger charge is -2.13. The molecule has 1 amide bonds. The van der Waals surface area contributed by atoms with Crippen molar-refractivity contribution in [3.8, 4) is 11.5 Å². The van der Waals surface area contributed by atoms with Crippen molar-refractivity contribution in [1.82, 2.24) is 4.57 Å². The maximum absolute atomic E-state index is 12.9. The monoisotopic (exact) mass is 408 g/mol. The Kier molecular flexibility index (Phi) is 5.05. The molecule has 0 spiro atoms. The zero-order chi connectivity index (χ0) is 21.3. The predicted molar refractivity (Wildman–Crippen MR) is 111 cm³/mol. The highest BCUT2D eigenvalue weighted by Gasteiger charge is 2.23. The maximum Gasteiger partial charge on any atom is 0.354 e. The summed E-state index contributed by atoms with van der Waals surface area (Å²) in [6.07, 6.45) is 0. The Morgan fingerprint density at radius 2 is 1.80 bits per heavy atom. The summed E-state index contributed by atoms with van der Waals surface area (Å²) in [5.41, 5.74) is 2.55. The topological polar surface area (TPSA) is 91.9 Å². The molecular weight excluding hydrogens is 388 g/mol. The number of rotatable bonds is 6. The van der Waals surface area contributed by atoms with Gasteiger partial charge in [0, 0.05) is 17.5 Å². The highest BCUT2D eigenvalue weighted by molar-refractivity contribution is 6.07. The Morgan fingerprint density at radius 3 is 2.53 bits per heavy atom. The minimum atomic E-state index is -0.555. The van der Waals surface area contributed by atoms with E-state index in [9.17, 15) is 9.59 Å². The lowest BCUT2D eigenvalue weighted by Crippen LogP contribution is -2.22. The summed E-state index contributed by atoms with van der Waals surface area (Å²) in [5, 5.41) is 3.62. The van der Waals surface area contributed by atoms with E-state index < -0.39 is 5.97 Å². The number of furan rings is 1. The summed E-state index contributed by atoms with van der Waals surface area (Å²) in [5.74, 6) is 0.170. The Labute approximate surface area is 171 Å². The van der Waals surface area contributed by atoms with Crippen LogP contribution in [0.2, 0.25) is 0 Å². The second-order valence-corrected chi connectivity index (χ2v) is 6.53. The number of fused-ring (bicyclic) bond motifs is 3. The quantitative estimate of drug-likeness (QED) is 0.488. The molecule has 8 nitrogen and oxygen atoms in total. The van der Waals surface area contributed by atoms with Gasteiger partial charge in [-0.2, -0.15) is 0 Å². The number of methoxy groups -OCH3 is 3. The van der Waals surface area contributed by atoms with E-state index in [0.717, 1.165) is 5.39 Å². The van der Waals surface area contributed by atoms with Gasteiger partial charge in [-0.15, -0.1) is 0 Å². The zero-order valence-corrected chi connectivity index (χ0v) is 16.7. The molecule has 4 rings (SSSR count). The van der Waals surface area contributed by atoms with E-state index in [4.69, 9.17) is 18.6 Å². The van der Waals surface area contributed by atoms with Crippen LogP contribution < -0.4 is 14.8 Å². The molecule has 0 saturated carbocycles. The summed E-state index contributed by atoms with van der Waals surface area (Å²) >= 11 is 0. The molecule has 2 aromatic carbocycles. The normalized spacial score (nSPS) is 10.9. The molecule has 0 radical (unpaired) electrons. The lowest BCUT2D eigenvalue weighted by molar-refractivity contribution is -0.116. The summed E-state index contributed by atoms with van der Waals surface area (Å²) in [6, 6.07) is 14.1. The molecular formula is C22H20N2O6. The van der Waals surface area contributed by atoms with Crippen molar-refractivity contribution < 1.29 is 28.2 Å². The highest BCUT2D eigenvalue weighted by atomic mass is 16.5. The van der Waals surface area contributed by atoms with Gasteiger partial charge in [-0.25, -0.2) is 4.79 Å². The van der Waals surface area contributed by atoms with Crippen molar-refractivity contribution in [2.24, 2.45) is 0 Å². The fourth-order valence-corrected chi connectivity index (χ4v) is 3.42. The molecule has 2 aromatic heterocycles. The van der Waals surface area contributed by atoms with Crippen LogP contribution in [-0.4, -0.2) is 37.8 Å². The Hall–Kier alpha value is -3.94. The number of carbonyl (C=O) groups is 2. The van der Waals surface area contributed by atoms with Gasteiger partial charge in [0.1, 0.15) is 29.3 Å². The number of aromatic nitrogens is 1. The number of para-hydroxylation sites is 1. The SMILES string of the molecule is COC(=O)c1cc2oc3ccccc3c2n1CC(=O)Nc1ccc(OC)cc1OC. The smallest absolute Gasteiger partial charge is 0.354 e. The third-order valence-electron chi connectivity index (χ3n) is 4.80. The van der Waals surface area contributed by atoms with Gasteiger partial charge in [0.2, 0.25) is 5.91 Å². The standard InChI is InChI=1S/C22H20N2O6/c1-27-13-8-9-15(18(10-13)28-2)23-20(25)12-24-16(22(26)29-3)11-19-21(24)14-6-4-5-7-17(14)30-19/h4-11H,12H2,1-3H3,(H,23,25). The minimum Gasteiger partial charge on any atom is -0.497 e. The zero-order valence-electron chi connectivity index (χ0n) is 16.7. The van der Waals surface area contributed by atoms with Crippen molar-refractivity contribution in [3.63, 3.8) is 0 Å². The van der Waals surface area contributed by atoms with E-state index >= 15 is 0 Å². The highest BCUT2D eigenvalue weighted by Crippen LogP contribution is 2.32. The largest absolute Gasteiger partial charge is 0.497 e. The molecule has 0 bridgehead atoms. The van der Waals surface area contributed by atoms with Crippen LogP contribution in [0.4, 0.5) is 5.69 Å².